The molecule has 4 atom stereocenters. The quantitative estimate of drug-likeness (QED) is 0.174. The van der Waals surface area contributed by atoms with E-state index in [1.165, 1.54) is 19.1 Å². The Morgan fingerprint density at radius 1 is 0.927 bits per heavy atom. The van der Waals surface area contributed by atoms with E-state index in [2.05, 4.69) is 26.6 Å². The molecule has 1 heterocycles. The topological polar surface area (TPSA) is 229 Å². The zero-order valence-corrected chi connectivity index (χ0v) is 23.2. The van der Waals surface area contributed by atoms with Crippen molar-refractivity contribution >= 4 is 53.2 Å². The number of carbonyl (C=O) groups excluding carboxylic acids is 6. The van der Waals surface area contributed by atoms with Crippen LogP contribution in [0.25, 0.3) is 0 Å². The van der Waals surface area contributed by atoms with Crippen LogP contribution in [0.2, 0.25) is 0 Å². The first-order chi connectivity index (χ1) is 19.4. The maximum atomic E-state index is 13.0. The number of carboxylic acids is 1. The molecule has 224 valence electrons. The monoisotopic (exact) mass is 595 g/mol. The number of phenolic OH excluding ortho intramolecular Hbond substituents is 1. The Bertz CT molecular complexity index is 1150. The SMILES string of the molecule is CCOC(=O)[C@@H]1CSCC(=O)N[C@H](Cc2ccc(O)cc2)C(=O)N[C@@H](C)C(=O)NCC(=O)N[C@@H](CC(=O)O)C(=O)N1. The Morgan fingerprint density at radius 3 is 2.20 bits per heavy atom. The number of esters is 1. The number of ether oxygens (including phenoxy) is 1. The summed E-state index contributed by atoms with van der Waals surface area (Å²) in [5.41, 5.74) is 0.604. The maximum absolute atomic E-state index is 13.0. The first-order valence-electron chi connectivity index (χ1n) is 12.6. The smallest absolute Gasteiger partial charge is 0.329 e. The molecule has 41 heavy (non-hydrogen) atoms. The van der Waals surface area contributed by atoms with Gasteiger partial charge in [-0.15, -0.1) is 11.8 Å². The zero-order valence-electron chi connectivity index (χ0n) is 22.4. The number of carboxylic acid groups (broad SMARTS) is 1. The highest BCUT2D eigenvalue weighted by molar-refractivity contribution is 8.00. The molecule has 7 N–H and O–H groups in total. The number of rotatable bonds is 6. The summed E-state index contributed by atoms with van der Waals surface area (Å²) in [6.07, 6.45) is -0.794. The molecule has 1 aliphatic rings. The summed E-state index contributed by atoms with van der Waals surface area (Å²) in [5, 5.41) is 30.6. The van der Waals surface area contributed by atoms with Crippen molar-refractivity contribution in [2.75, 3.05) is 24.7 Å². The fraction of sp³-hybridized carbons (Fsp3) is 0.480. The van der Waals surface area contributed by atoms with Crippen molar-refractivity contribution in [2.24, 2.45) is 0 Å². The molecule has 0 saturated carbocycles. The van der Waals surface area contributed by atoms with Crippen LogP contribution in [0, 0.1) is 0 Å². The molecule has 1 saturated heterocycles. The van der Waals surface area contributed by atoms with E-state index in [-0.39, 0.29) is 30.3 Å². The summed E-state index contributed by atoms with van der Waals surface area (Å²) in [5.74, 6) is -6.53. The molecule has 1 aromatic carbocycles. The number of hydrogen-bond acceptors (Lipinski definition) is 10. The Balaban J connectivity index is 2.30. The van der Waals surface area contributed by atoms with Crippen molar-refractivity contribution in [1.82, 2.24) is 26.6 Å². The molecule has 1 fully saturated rings. The van der Waals surface area contributed by atoms with Gasteiger partial charge in [0.15, 0.2) is 0 Å². The van der Waals surface area contributed by atoms with Crippen LogP contribution in [-0.4, -0.2) is 101 Å². The summed E-state index contributed by atoms with van der Waals surface area (Å²) in [4.78, 5) is 87.3. The van der Waals surface area contributed by atoms with Gasteiger partial charge in [0.05, 0.1) is 25.3 Å². The summed E-state index contributed by atoms with van der Waals surface area (Å²) in [6, 6.07) is 0.828. The van der Waals surface area contributed by atoms with Crippen LogP contribution in [0.1, 0.15) is 25.8 Å². The van der Waals surface area contributed by atoms with Crippen LogP contribution >= 0.6 is 11.8 Å². The Hall–Kier alpha value is -4.34. The van der Waals surface area contributed by atoms with Crippen LogP contribution in [0.15, 0.2) is 24.3 Å². The maximum Gasteiger partial charge on any atom is 0.329 e. The van der Waals surface area contributed by atoms with Crippen LogP contribution in [0.5, 0.6) is 5.75 Å². The first-order valence-corrected chi connectivity index (χ1v) is 13.8. The fourth-order valence-electron chi connectivity index (χ4n) is 3.60. The number of carbonyl (C=O) groups is 7. The molecule has 16 heteroatoms. The van der Waals surface area contributed by atoms with Crippen molar-refractivity contribution in [3.8, 4) is 5.75 Å². The van der Waals surface area contributed by atoms with Crippen LogP contribution in [0.3, 0.4) is 0 Å². The molecule has 0 aromatic heterocycles. The van der Waals surface area contributed by atoms with Gasteiger partial charge in [-0.2, -0.15) is 0 Å². The van der Waals surface area contributed by atoms with Gasteiger partial charge in [-0.3, -0.25) is 28.8 Å². The molecule has 15 nitrogen and oxygen atoms in total. The third-order valence-corrected chi connectivity index (χ3v) is 6.67. The first kappa shape index (κ1) is 32.9. The van der Waals surface area contributed by atoms with Crippen LogP contribution in [0.4, 0.5) is 0 Å². The minimum atomic E-state index is -1.58. The van der Waals surface area contributed by atoms with Crippen molar-refractivity contribution < 1.29 is 48.5 Å². The number of nitrogens with one attached hydrogen (secondary N) is 5. The second kappa shape index (κ2) is 16.1. The van der Waals surface area contributed by atoms with E-state index in [1.54, 1.807) is 19.1 Å². The highest BCUT2D eigenvalue weighted by Gasteiger charge is 2.30. The third kappa shape index (κ3) is 11.4. The number of aliphatic carboxylic acids is 1. The lowest BCUT2D eigenvalue weighted by Crippen LogP contribution is -2.56. The van der Waals surface area contributed by atoms with Gasteiger partial charge >= 0.3 is 11.9 Å². The molecule has 2 rings (SSSR count). The van der Waals surface area contributed by atoms with E-state index in [4.69, 9.17) is 4.74 Å². The lowest BCUT2D eigenvalue weighted by molar-refractivity contribution is -0.147. The largest absolute Gasteiger partial charge is 0.508 e. The van der Waals surface area contributed by atoms with Gasteiger partial charge < -0.3 is 41.5 Å². The van der Waals surface area contributed by atoms with Crippen molar-refractivity contribution in [3.63, 3.8) is 0 Å². The normalized spacial score (nSPS) is 23.4. The number of hydrogen-bond donors (Lipinski definition) is 7. The van der Waals surface area contributed by atoms with Gasteiger partial charge in [0, 0.05) is 12.2 Å². The molecule has 0 unspecified atom stereocenters. The molecule has 0 aliphatic carbocycles. The van der Waals surface area contributed by atoms with Crippen LogP contribution in [-0.2, 0) is 44.7 Å². The van der Waals surface area contributed by atoms with Crippen molar-refractivity contribution in [3.05, 3.63) is 29.8 Å². The van der Waals surface area contributed by atoms with Crippen molar-refractivity contribution in [1.29, 1.82) is 0 Å². The van der Waals surface area contributed by atoms with Gasteiger partial charge in [0.25, 0.3) is 0 Å². The molecule has 5 amide bonds. The molecule has 0 radical (unpaired) electrons. The highest BCUT2D eigenvalue weighted by atomic mass is 32.2. The second-order valence-electron chi connectivity index (χ2n) is 8.99. The summed E-state index contributed by atoms with van der Waals surface area (Å²) in [6.45, 7) is 2.24. The van der Waals surface area contributed by atoms with E-state index >= 15 is 0 Å². The molecular formula is C25H33N5O10S. The molecule has 1 aromatic rings. The third-order valence-electron chi connectivity index (χ3n) is 5.64. The van der Waals surface area contributed by atoms with Gasteiger partial charge in [-0.1, -0.05) is 12.1 Å². The van der Waals surface area contributed by atoms with Crippen LogP contribution < -0.4 is 26.6 Å². The van der Waals surface area contributed by atoms with E-state index in [1.807, 2.05) is 0 Å². The minimum Gasteiger partial charge on any atom is -0.508 e. The molecular weight excluding hydrogens is 562 g/mol. The van der Waals surface area contributed by atoms with Gasteiger partial charge in [0.2, 0.25) is 29.5 Å². The standard InChI is InChI=1S/C25H33N5O10S/c1-3-40-25(39)18-11-41-12-20(33)29-16(8-14-4-6-15(31)7-5-14)23(37)27-13(2)22(36)26-10-19(32)28-17(9-21(34)35)24(38)30-18/h4-7,13,16-18,31H,3,8-12H2,1-2H3,(H,26,36)(H,27,37)(H,28,32)(H,29,33)(H,30,38)(H,34,35)/t13-,16+,17-,18-/m0/s1. The molecule has 0 spiro atoms. The van der Waals surface area contributed by atoms with E-state index in [9.17, 15) is 43.8 Å². The second-order valence-corrected chi connectivity index (χ2v) is 10.0. The predicted molar refractivity (Wildman–Crippen MR) is 144 cm³/mol. The zero-order chi connectivity index (χ0) is 30.5. The Morgan fingerprint density at radius 2 is 1.56 bits per heavy atom. The van der Waals surface area contributed by atoms with Gasteiger partial charge in [-0.05, 0) is 31.5 Å². The lowest BCUT2D eigenvalue weighted by Gasteiger charge is -2.23. The fourth-order valence-corrected chi connectivity index (χ4v) is 4.44. The molecule has 0 bridgehead atoms. The number of amides is 5. The van der Waals surface area contributed by atoms with Crippen molar-refractivity contribution in [2.45, 2.75) is 50.9 Å². The minimum absolute atomic E-state index is 0.00945. The summed E-state index contributed by atoms with van der Waals surface area (Å²) in [7, 11) is 0. The lowest BCUT2D eigenvalue weighted by atomic mass is 10.0. The number of aromatic hydroxyl groups is 1. The van der Waals surface area contributed by atoms with E-state index < -0.39 is 78.6 Å². The summed E-state index contributed by atoms with van der Waals surface area (Å²) >= 11 is 0.937. The summed E-state index contributed by atoms with van der Waals surface area (Å²) < 4.78 is 4.97. The van der Waals surface area contributed by atoms with E-state index in [0.29, 0.717) is 5.56 Å². The van der Waals surface area contributed by atoms with Gasteiger partial charge in [0.1, 0.15) is 29.9 Å². The molecule has 1 aliphatic heterocycles. The van der Waals surface area contributed by atoms with E-state index in [0.717, 1.165) is 11.8 Å². The number of phenols is 1. The number of benzene rings is 1. The Labute approximate surface area is 239 Å². The number of thioether (sulfide) groups is 1. The Kier molecular flexibility index (Phi) is 12.9. The highest BCUT2D eigenvalue weighted by Crippen LogP contribution is 2.12. The predicted octanol–water partition coefficient (Wildman–Crippen LogP) is -2.21. The van der Waals surface area contributed by atoms with Gasteiger partial charge in [-0.25, -0.2) is 4.79 Å². The average Bonchev–Trinajstić information content (AvgIpc) is 2.90. The average molecular weight is 596 g/mol.